The second-order valence-corrected chi connectivity index (χ2v) is 13.1. The molecule has 0 aromatic heterocycles. The summed E-state index contributed by atoms with van der Waals surface area (Å²) in [5.41, 5.74) is 0.0337. The van der Waals surface area contributed by atoms with Crippen LogP contribution in [0.2, 0.25) is 0 Å². The van der Waals surface area contributed by atoms with E-state index in [0.29, 0.717) is 11.5 Å². The lowest BCUT2D eigenvalue weighted by Gasteiger charge is -2.21. The first kappa shape index (κ1) is 35.9. The number of ether oxygens (including phenoxy) is 5. The van der Waals surface area contributed by atoms with Crippen LogP contribution >= 0.6 is 0 Å². The van der Waals surface area contributed by atoms with Crippen molar-refractivity contribution in [2.75, 3.05) is 20.3 Å². The van der Waals surface area contributed by atoms with Gasteiger partial charge in [-0.2, -0.15) is 0 Å². The zero-order chi connectivity index (χ0) is 31.4. The second-order valence-electron chi connectivity index (χ2n) is 13.1. The monoisotopic (exact) mass is 579 g/mol. The minimum absolute atomic E-state index is 0.0865. The number of hydrogen-bond donors (Lipinski definition) is 1. The molecule has 0 aliphatic heterocycles. The van der Waals surface area contributed by atoms with E-state index in [-0.39, 0.29) is 54.7 Å². The fourth-order valence-corrected chi connectivity index (χ4v) is 3.57. The van der Waals surface area contributed by atoms with Crippen molar-refractivity contribution in [1.29, 1.82) is 0 Å². The van der Waals surface area contributed by atoms with Crippen molar-refractivity contribution in [3.05, 3.63) is 23.8 Å². The Morgan fingerprint density at radius 3 is 1.93 bits per heavy atom. The second kappa shape index (κ2) is 16.3. The van der Waals surface area contributed by atoms with Gasteiger partial charge in [0.2, 0.25) is 0 Å². The van der Waals surface area contributed by atoms with Crippen molar-refractivity contribution in [2.24, 2.45) is 16.7 Å². The van der Waals surface area contributed by atoms with Crippen LogP contribution in [0.15, 0.2) is 18.2 Å². The molecule has 1 N–H and O–H groups in total. The van der Waals surface area contributed by atoms with E-state index in [0.717, 1.165) is 6.42 Å². The highest BCUT2D eigenvalue weighted by Gasteiger charge is 2.25. The van der Waals surface area contributed by atoms with Gasteiger partial charge in [0.25, 0.3) is 0 Å². The van der Waals surface area contributed by atoms with Crippen molar-refractivity contribution in [3.63, 3.8) is 0 Å². The average molecular weight is 580 g/mol. The SMILES string of the molecule is COC(=O)[C@H](Cc1ccc(OC(=O)CC(C)(C)C)c(OC(=O)CC(C)(C)C)c1)NCC(C)OC(=O)OCCC(C)C. The van der Waals surface area contributed by atoms with Gasteiger partial charge in [0.05, 0.1) is 26.6 Å². The smallest absolute Gasteiger partial charge is 0.468 e. The van der Waals surface area contributed by atoms with E-state index in [1.165, 1.54) is 7.11 Å². The Bertz CT molecular complexity index is 1020. The predicted octanol–water partition coefficient (Wildman–Crippen LogP) is 5.63. The minimum atomic E-state index is -0.796. The molecular weight excluding hydrogens is 530 g/mol. The van der Waals surface area contributed by atoms with Gasteiger partial charge in [-0.25, -0.2) is 4.79 Å². The number of benzene rings is 1. The lowest BCUT2D eigenvalue weighted by molar-refractivity contribution is -0.143. The molecule has 0 amide bonds. The maximum Gasteiger partial charge on any atom is 0.508 e. The predicted molar refractivity (Wildman–Crippen MR) is 155 cm³/mol. The summed E-state index contributed by atoms with van der Waals surface area (Å²) in [6.07, 6.45) is -0.132. The number of carbonyl (C=O) groups excluding carboxylic acids is 4. The fraction of sp³-hybridized carbons (Fsp3) is 0.677. The van der Waals surface area contributed by atoms with E-state index in [9.17, 15) is 19.2 Å². The highest BCUT2D eigenvalue weighted by molar-refractivity contribution is 5.78. The van der Waals surface area contributed by atoms with Crippen molar-refractivity contribution in [3.8, 4) is 11.5 Å². The topological polar surface area (TPSA) is 126 Å². The van der Waals surface area contributed by atoms with Crippen LogP contribution in [0.5, 0.6) is 11.5 Å². The van der Waals surface area contributed by atoms with Crippen LogP contribution in [-0.4, -0.2) is 56.5 Å². The van der Waals surface area contributed by atoms with E-state index in [2.05, 4.69) is 5.32 Å². The van der Waals surface area contributed by atoms with E-state index in [1.54, 1.807) is 25.1 Å². The third-order valence-corrected chi connectivity index (χ3v) is 5.59. The summed E-state index contributed by atoms with van der Waals surface area (Å²) >= 11 is 0. The minimum Gasteiger partial charge on any atom is -0.468 e. The third-order valence-electron chi connectivity index (χ3n) is 5.59. The van der Waals surface area contributed by atoms with Gasteiger partial charge in [-0.05, 0) is 54.2 Å². The summed E-state index contributed by atoms with van der Waals surface area (Å²) in [7, 11) is 1.28. The molecule has 0 bridgehead atoms. The van der Waals surface area contributed by atoms with Gasteiger partial charge >= 0.3 is 24.1 Å². The number of hydrogen-bond acceptors (Lipinski definition) is 10. The maximum absolute atomic E-state index is 12.6. The standard InChI is InChI=1S/C31H49NO9/c1-20(2)13-14-38-29(36)39-21(3)19-32-23(28(35)37-10)15-22-11-12-24(40-26(33)17-30(4,5)6)25(16-22)41-27(34)18-31(7,8)9/h11-12,16,20-21,23,32H,13-15,17-19H2,1-10H3/t21?,23-/m0/s1. The number of esters is 3. The Hall–Kier alpha value is -3.14. The highest BCUT2D eigenvalue weighted by Crippen LogP contribution is 2.32. The fourth-order valence-electron chi connectivity index (χ4n) is 3.57. The van der Waals surface area contributed by atoms with Crippen LogP contribution in [0.1, 0.15) is 87.1 Å². The summed E-state index contributed by atoms with van der Waals surface area (Å²) in [6, 6.07) is 4.01. The molecule has 0 saturated heterocycles. The molecule has 41 heavy (non-hydrogen) atoms. The van der Waals surface area contributed by atoms with Crippen LogP contribution in [0.4, 0.5) is 4.79 Å². The Morgan fingerprint density at radius 1 is 0.854 bits per heavy atom. The summed E-state index contributed by atoms with van der Waals surface area (Å²) in [5, 5.41) is 3.06. The zero-order valence-corrected chi connectivity index (χ0v) is 26.4. The molecule has 0 fully saturated rings. The first-order valence-corrected chi connectivity index (χ1v) is 14.1. The molecule has 232 valence electrons. The molecule has 0 radical (unpaired) electrons. The molecule has 0 heterocycles. The Kier molecular flexibility index (Phi) is 14.3. The lowest BCUT2D eigenvalue weighted by Crippen LogP contribution is -2.43. The van der Waals surface area contributed by atoms with Gasteiger partial charge in [-0.1, -0.05) is 61.5 Å². The van der Waals surface area contributed by atoms with E-state index < -0.39 is 36.2 Å². The van der Waals surface area contributed by atoms with Gasteiger partial charge in [0, 0.05) is 6.54 Å². The normalized spacial score (nSPS) is 13.2. The Morgan fingerprint density at radius 2 is 1.41 bits per heavy atom. The molecule has 0 aliphatic rings. The molecule has 0 aliphatic carbocycles. The quantitative estimate of drug-likeness (QED) is 0.219. The van der Waals surface area contributed by atoms with Crippen molar-refractivity contribution in [2.45, 2.75) is 100 Å². The number of methoxy groups -OCH3 is 1. The first-order valence-electron chi connectivity index (χ1n) is 14.1. The molecule has 10 heteroatoms. The van der Waals surface area contributed by atoms with Crippen molar-refractivity contribution >= 4 is 24.1 Å². The largest absolute Gasteiger partial charge is 0.508 e. The van der Waals surface area contributed by atoms with Crippen LogP contribution < -0.4 is 14.8 Å². The molecule has 1 aromatic rings. The van der Waals surface area contributed by atoms with Crippen LogP contribution in [-0.2, 0) is 35.0 Å². The molecule has 10 nitrogen and oxygen atoms in total. The van der Waals surface area contributed by atoms with Crippen molar-refractivity contribution < 1.29 is 42.9 Å². The Balaban J connectivity index is 3.04. The zero-order valence-electron chi connectivity index (χ0n) is 26.4. The van der Waals surface area contributed by atoms with Gasteiger partial charge in [0.15, 0.2) is 11.5 Å². The van der Waals surface area contributed by atoms with E-state index >= 15 is 0 Å². The van der Waals surface area contributed by atoms with Crippen LogP contribution in [0.25, 0.3) is 0 Å². The number of rotatable bonds is 14. The summed E-state index contributed by atoms with van der Waals surface area (Å²) in [4.78, 5) is 49.6. The van der Waals surface area contributed by atoms with Gasteiger partial charge < -0.3 is 29.0 Å². The number of carbonyl (C=O) groups is 4. The molecular formula is C31H49NO9. The first-order chi connectivity index (χ1) is 18.9. The maximum atomic E-state index is 12.6. The Labute approximate surface area is 244 Å². The third kappa shape index (κ3) is 16.0. The van der Waals surface area contributed by atoms with Gasteiger partial charge in [-0.3, -0.25) is 14.4 Å². The molecule has 1 aromatic carbocycles. The van der Waals surface area contributed by atoms with Crippen LogP contribution in [0.3, 0.4) is 0 Å². The van der Waals surface area contributed by atoms with Crippen molar-refractivity contribution in [1.82, 2.24) is 5.32 Å². The molecule has 0 saturated carbocycles. The number of nitrogens with one attached hydrogen (secondary N) is 1. The summed E-state index contributed by atoms with van der Waals surface area (Å²) in [5.74, 6) is -0.853. The molecule has 1 rings (SSSR count). The summed E-state index contributed by atoms with van der Waals surface area (Å²) < 4.78 is 26.5. The highest BCUT2D eigenvalue weighted by atomic mass is 16.7. The average Bonchev–Trinajstić information content (AvgIpc) is 2.80. The van der Waals surface area contributed by atoms with E-state index in [4.69, 9.17) is 23.7 Å². The summed E-state index contributed by atoms with van der Waals surface area (Å²) in [6.45, 7) is 17.7. The lowest BCUT2D eigenvalue weighted by atomic mass is 9.92. The molecule has 0 spiro atoms. The molecule has 2 atom stereocenters. The van der Waals surface area contributed by atoms with Gasteiger partial charge in [0.1, 0.15) is 12.1 Å². The van der Waals surface area contributed by atoms with Crippen LogP contribution in [0, 0.1) is 16.7 Å². The van der Waals surface area contributed by atoms with E-state index in [1.807, 2.05) is 55.4 Å². The van der Waals surface area contributed by atoms with Gasteiger partial charge in [-0.15, -0.1) is 0 Å². The molecule has 1 unspecified atom stereocenters.